The van der Waals surface area contributed by atoms with Crippen LogP contribution >= 0.6 is 23.1 Å². The number of thiazole rings is 1. The second kappa shape index (κ2) is 8.83. The van der Waals surface area contributed by atoms with Crippen LogP contribution in [0, 0.1) is 5.92 Å². The molecule has 0 aliphatic carbocycles. The molecule has 4 heterocycles. The highest BCUT2D eigenvalue weighted by atomic mass is 32.2. The molecule has 4 rings (SSSR count). The van der Waals surface area contributed by atoms with Gasteiger partial charge in [-0.2, -0.15) is 0 Å². The molecule has 0 saturated carbocycles. The molecule has 12 heteroatoms. The molecule has 0 unspecified atom stereocenters. The summed E-state index contributed by atoms with van der Waals surface area (Å²) in [5, 5.41) is 15.2. The summed E-state index contributed by atoms with van der Waals surface area (Å²) in [5.74, 6) is -1.90. The molecule has 3 N–H and O–H groups in total. The molecule has 0 spiro atoms. The Labute approximate surface area is 193 Å². The number of anilines is 1. The summed E-state index contributed by atoms with van der Waals surface area (Å²) in [4.78, 5) is 48.2. The van der Waals surface area contributed by atoms with Crippen molar-refractivity contribution in [1.82, 2.24) is 9.88 Å². The first-order valence-corrected chi connectivity index (χ1v) is 12.3. The summed E-state index contributed by atoms with van der Waals surface area (Å²) in [5.41, 5.74) is 6.85. The maximum Gasteiger partial charge on any atom is 0.352 e. The van der Waals surface area contributed by atoms with E-state index in [0.717, 1.165) is 36.0 Å². The van der Waals surface area contributed by atoms with Crippen molar-refractivity contribution in [1.29, 1.82) is 0 Å². The fourth-order valence-corrected chi connectivity index (χ4v) is 6.63. The number of carbonyl (C=O) groups excluding carboxylic acids is 2. The maximum absolute atomic E-state index is 13.0. The van der Waals surface area contributed by atoms with Gasteiger partial charge in [0.15, 0.2) is 16.6 Å². The Hall–Kier alpha value is -2.44. The number of carbonyl (C=O) groups is 3. The van der Waals surface area contributed by atoms with E-state index in [4.69, 9.17) is 10.6 Å². The molecule has 0 bridgehead atoms. The van der Waals surface area contributed by atoms with Gasteiger partial charge in [-0.3, -0.25) is 14.5 Å². The summed E-state index contributed by atoms with van der Waals surface area (Å²) in [7, 11) is 3.46. The molecule has 2 saturated heterocycles. The van der Waals surface area contributed by atoms with Gasteiger partial charge in [-0.05, 0) is 0 Å². The van der Waals surface area contributed by atoms with Crippen LogP contribution in [0.3, 0.4) is 0 Å². The number of Topliss-reactive ketones (excluding diaryl/α,β-unsaturated/α-hetero) is 1. The molecule has 32 heavy (non-hydrogen) atoms. The molecule has 0 aromatic carbocycles. The van der Waals surface area contributed by atoms with E-state index in [1.807, 2.05) is 0 Å². The summed E-state index contributed by atoms with van der Waals surface area (Å²) in [6, 6.07) is 0. The van der Waals surface area contributed by atoms with Crippen LogP contribution in [0.2, 0.25) is 0 Å². The fourth-order valence-electron chi connectivity index (χ4n) is 4.68. The lowest BCUT2D eigenvalue weighted by Crippen LogP contribution is -2.62. The number of hydrogen-bond donors (Lipinski definition) is 2. The lowest BCUT2D eigenvalue weighted by molar-refractivity contribution is -0.893. The number of aliphatic carboxylic acids is 1. The number of oxime groups is 1. The number of rotatable bonds is 8. The number of thioether (sulfide) groups is 1. The number of amides is 1. The minimum atomic E-state index is -1.09. The Balaban J connectivity index is 1.52. The molecule has 0 radical (unpaired) electrons. The van der Waals surface area contributed by atoms with Gasteiger partial charge in [0.25, 0.3) is 0 Å². The van der Waals surface area contributed by atoms with Crippen molar-refractivity contribution < 1.29 is 28.8 Å². The Kier molecular flexibility index (Phi) is 6.28. The number of nitrogens with two attached hydrogens (primary N) is 1. The van der Waals surface area contributed by atoms with Crippen LogP contribution in [0.4, 0.5) is 5.13 Å². The van der Waals surface area contributed by atoms with Crippen molar-refractivity contribution in [3.63, 3.8) is 0 Å². The SMILES string of the molecule is CO/N=C(\C(=O)C[C@@H]1C(=O)N2C(C(=O)O)=C(C[N+]3(C)CCCC3)CS[C@H]12)c1csc(N)n1. The highest BCUT2D eigenvalue weighted by molar-refractivity contribution is 8.00. The van der Waals surface area contributed by atoms with E-state index in [9.17, 15) is 19.5 Å². The number of quaternary nitrogens is 1. The van der Waals surface area contributed by atoms with Crippen LogP contribution in [0.15, 0.2) is 21.8 Å². The molecule has 1 amide bonds. The number of carboxylic acid groups (broad SMARTS) is 1. The first kappa shape index (κ1) is 22.7. The lowest BCUT2D eigenvalue weighted by Gasteiger charge is -2.50. The van der Waals surface area contributed by atoms with Crippen molar-refractivity contribution in [2.75, 3.05) is 45.3 Å². The molecule has 2 atom stereocenters. The molecule has 10 nitrogen and oxygen atoms in total. The van der Waals surface area contributed by atoms with Crippen molar-refractivity contribution in [3.8, 4) is 0 Å². The standard InChI is InChI=1S/C20H25N5O5S2/c1-25(5-3-4-6-25)8-11-9-31-18-12(17(27)24(18)16(11)19(28)29)7-14(26)15(23-30-2)13-10-32-20(21)22-13/h10,12,18H,3-9H2,1-2H3,(H2-,21,22,28,29)/p+1/b23-15-/t12-,18-/m1/s1. The van der Waals surface area contributed by atoms with Crippen molar-refractivity contribution in [2.24, 2.45) is 11.1 Å². The summed E-state index contributed by atoms with van der Waals surface area (Å²) in [6.45, 7) is 2.65. The molecule has 1 aromatic heterocycles. The van der Waals surface area contributed by atoms with Gasteiger partial charge in [0.05, 0.1) is 31.4 Å². The third kappa shape index (κ3) is 4.14. The molecule has 3 aliphatic heterocycles. The average molecular weight is 481 g/mol. The minimum absolute atomic E-state index is 0.00802. The number of ketones is 1. The smallest absolute Gasteiger partial charge is 0.352 e. The second-order valence-electron chi connectivity index (χ2n) is 8.53. The zero-order chi connectivity index (χ0) is 23.0. The van der Waals surface area contributed by atoms with Crippen molar-refractivity contribution in [2.45, 2.75) is 24.6 Å². The number of nitrogen functional groups attached to an aromatic ring is 1. The molecule has 3 aliphatic rings. The van der Waals surface area contributed by atoms with Crippen LogP contribution in [-0.2, 0) is 19.2 Å². The Morgan fingerprint density at radius 1 is 1.41 bits per heavy atom. The number of aromatic nitrogens is 1. The summed E-state index contributed by atoms with van der Waals surface area (Å²) in [6.07, 6.45) is 2.16. The Morgan fingerprint density at radius 2 is 2.12 bits per heavy atom. The van der Waals surface area contributed by atoms with Gasteiger partial charge in [0, 0.05) is 36.0 Å². The highest BCUT2D eigenvalue weighted by Crippen LogP contribution is 2.45. The van der Waals surface area contributed by atoms with Gasteiger partial charge in [-0.15, -0.1) is 23.1 Å². The maximum atomic E-state index is 13.0. The van der Waals surface area contributed by atoms with Gasteiger partial charge >= 0.3 is 5.97 Å². The zero-order valence-electron chi connectivity index (χ0n) is 17.9. The third-order valence-corrected chi connectivity index (χ3v) is 8.26. The first-order chi connectivity index (χ1) is 15.2. The monoisotopic (exact) mass is 480 g/mol. The van der Waals surface area contributed by atoms with Gasteiger partial charge in [-0.25, -0.2) is 9.78 Å². The topological polar surface area (TPSA) is 135 Å². The van der Waals surface area contributed by atoms with Gasteiger partial charge in [0.2, 0.25) is 5.91 Å². The van der Waals surface area contributed by atoms with E-state index < -0.39 is 17.7 Å². The molecule has 2 fully saturated rings. The number of β-lactam (4-membered cyclic amide) rings is 1. The third-order valence-electron chi connectivity index (χ3n) is 6.20. The largest absolute Gasteiger partial charge is 0.477 e. The van der Waals surface area contributed by atoms with Crippen LogP contribution in [0.5, 0.6) is 0 Å². The van der Waals surface area contributed by atoms with Gasteiger partial charge in [0.1, 0.15) is 25.0 Å². The van der Waals surface area contributed by atoms with E-state index in [-0.39, 0.29) is 29.1 Å². The number of likely N-dealkylation sites (tertiary alicyclic amines) is 1. The number of nitrogens with zero attached hydrogens (tertiary/aromatic N) is 4. The molecular formula is C20H26N5O5S2+. The van der Waals surface area contributed by atoms with E-state index in [2.05, 4.69) is 17.2 Å². The Morgan fingerprint density at radius 3 is 2.72 bits per heavy atom. The number of likely N-dealkylation sites (N-methyl/N-ethyl adjacent to an activating group) is 1. The second-order valence-corrected chi connectivity index (χ2v) is 10.5. The normalized spacial score (nSPS) is 24.9. The number of hydrogen-bond acceptors (Lipinski definition) is 9. The van der Waals surface area contributed by atoms with Gasteiger partial charge in [-0.1, -0.05) is 5.16 Å². The zero-order valence-corrected chi connectivity index (χ0v) is 19.6. The molecule has 1 aromatic rings. The lowest BCUT2D eigenvalue weighted by atomic mass is 9.89. The fraction of sp³-hybridized carbons (Fsp3) is 0.550. The molecular weight excluding hydrogens is 454 g/mol. The number of carboxylic acids is 1. The van der Waals surface area contributed by atoms with E-state index in [1.54, 1.807) is 5.38 Å². The summed E-state index contributed by atoms with van der Waals surface area (Å²) < 4.78 is 0.800. The van der Waals surface area contributed by atoms with Crippen LogP contribution in [0.1, 0.15) is 25.0 Å². The predicted octanol–water partition coefficient (Wildman–Crippen LogP) is 1.15. The van der Waals surface area contributed by atoms with Crippen LogP contribution < -0.4 is 5.73 Å². The highest BCUT2D eigenvalue weighted by Gasteiger charge is 2.54. The average Bonchev–Trinajstić information content (AvgIpc) is 3.37. The van der Waals surface area contributed by atoms with Crippen LogP contribution in [0.25, 0.3) is 0 Å². The quantitative estimate of drug-likeness (QED) is 0.245. The molecule has 172 valence electrons. The first-order valence-electron chi connectivity index (χ1n) is 10.3. The van der Waals surface area contributed by atoms with E-state index in [1.165, 1.54) is 35.1 Å². The van der Waals surface area contributed by atoms with Crippen molar-refractivity contribution >= 4 is 51.6 Å². The number of fused-ring (bicyclic) bond motifs is 1. The predicted molar refractivity (Wildman–Crippen MR) is 121 cm³/mol. The van der Waals surface area contributed by atoms with Crippen molar-refractivity contribution in [3.05, 3.63) is 22.3 Å². The minimum Gasteiger partial charge on any atom is -0.477 e. The van der Waals surface area contributed by atoms with Gasteiger partial charge < -0.3 is 20.2 Å². The van der Waals surface area contributed by atoms with E-state index >= 15 is 0 Å². The van der Waals surface area contributed by atoms with Crippen LogP contribution in [-0.4, -0.2) is 87.8 Å². The van der Waals surface area contributed by atoms with E-state index in [0.29, 0.717) is 23.1 Å². The Bertz CT molecular complexity index is 1010. The summed E-state index contributed by atoms with van der Waals surface area (Å²) >= 11 is 2.70.